The van der Waals surface area contributed by atoms with Crippen molar-refractivity contribution in [2.45, 2.75) is 39.1 Å². The van der Waals surface area contributed by atoms with E-state index >= 15 is 0 Å². The zero-order chi connectivity index (χ0) is 15.0. The number of morpholine rings is 1. The fourth-order valence-corrected chi connectivity index (χ4v) is 4.05. The summed E-state index contributed by atoms with van der Waals surface area (Å²) < 4.78 is 20.9. The number of thiophene rings is 1. The van der Waals surface area contributed by atoms with Crippen LogP contribution in [-0.4, -0.2) is 30.2 Å². The molecule has 2 aromatic rings. The summed E-state index contributed by atoms with van der Waals surface area (Å²) in [5.74, 6) is -0.146. The first-order valence-electron chi connectivity index (χ1n) is 7.34. The number of halogens is 1. The molecular formula is C16H21FN2OS. The molecule has 1 aliphatic rings. The Morgan fingerprint density at radius 1 is 1.43 bits per heavy atom. The number of hydrogen-bond donors (Lipinski definition) is 1. The second-order valence-electron chi connectivity index (χ2n) is 5.74. The van der Waals surface area contributed by atoms with Crippen molar-refractivity contribution in [1.82, 2.24) is 4.90 Å². The highest BCUT2D eigenvalue weighted by atomic mass is 32.1. The summed E-state index contributed by atoms with van der Waals surface area (Å²) in [7, 11) is 0. The molecule has 3 nitrogen and oxygen atoms in total. The van der Waals surface area contributed by atoms with Crippen LogP contribution in [0.25, 0.3) is 10.1 Å². The van der Waals surface area contributed by atoms with Crippen LogP contribution in [0, 0.1) is 5.82 Å². The van der Waals surface area contributed by atoms with Gasteiger partial charge < -0.3 is 10.5 Å². The number of ether oxygens (including phenoxy) is 1. The Labute approximate surface area is 128 Å². The van der Waals surface area contributed by atoms with Gasteiger partial charge in [-0.1, -0.05) is 6.07 Å². The summed E-state index contributed by atoms with van der Waals surface area (Å²) in [6, 6.07) is 5.60. The first kappa shape index (κ1) is 14.9. The molecule has 2 N–H and O–H groups in total. The third-order valence-corrected chi connectivity index (χ3v) is 5.35. The molecule has 1 aromatic heterocycles. The number of nitrogens with zero attached hydrogens (tertiary/aromatic N) is 1. The molecule has 0 aliphatic carbocycles. The molecule has 0 amide bonds. The molecule has 0 spiro atoms. The van der Waals surface area contributed by atoms with Crippen molar-refractivity contribution in [2.75, 3.05) is 13.2 Å². The monoisotopic (exact) mass is 308 g/mol. The second kappa shape index (κ2) is 6.01. The zero-order valence-electron chi connectivity index (χ0n) is 12.4. The van der Waals surface area contributed by atoms with Crippen LogP contribution in [0.2, 0.25) is 0 Å². The minimum atomic E-state index is -0.146. The van der Waals surface area contributed by atoms with Crippen LogP contribution >= 0.6 is 11.3 Å². The molecule has 5 heteroatoms. The Morgan fingerprint density at radius 2 is 2.24 bits per heavy atom. The number of hydrogen-bond acceptors (Lipinski definition) is 4. The van der Waals surface area contributed by atoms with E-state index in [1.165, 1.54) is 6.07 Å². The number of nitrogens with two attached hydrogens (primary N) is 1. The maximum absolute atomic E-state index is 14.2. The number of benzene rings is 1. The first-order chi connectivity index (χ1) is 10.1. The van der Waals surface area contributed by atoms with E-state index in [0.717, 1.165) is 40.2 Å². The van der Waals surface area contributed by atoms with Gasteiger partial charge in [-0.3, -0.25) is 4.90 Å². The maximum Gasteiger partial charge on any atom is 0.132 e. The minimum absolute atomic E-state index is 0.146. The van der Waals surface area contributed by atoms with Gasteiger partial charge in [0.1, 0.15) is 5.82 Å². The Morgan fingerprint density at radius 3 is 3.00 bits per heavy atom. The smallest absolute Gasteiger partial charge is 0.132 e. The Hall–Kier alpha value is -1.01. The SMILES string of the molecule is CC1CN(Cc2c(CN)sc3cccc(F)c23)C(C)CO1. The fraction of sp³-hybridized carbons (Fsp3) is 0.500. The van der Waals surface area contributed by atoms with Gasteiger partial charge in [-0.05, 0) is 31.5 Å². The van der Waals surface area contributed by atoms with Gasteiger partial charge in [-0.15, -0.1) is 11.3 Å². The Balaban J connectivity index is 1.99. The Bertz CT molecular complexity index is 642. The van der Waals surface area contributed by atoms with Crippen molar-refractivity contribution in [3.63, 3.8) is 0 Å². The van der Waals surface area contributed by atoms with Crippen molar-refractivity contribution in [3.05, 3.63) is 34.5 Å². The van der Waals surface area contributed by atoms with Crippen LogP contribution < -0.4 is 5.73 Å². The molecule has 1 aliphatic heterocycles. The third kappa shape index (κ3) is 2.83. The lowest BCUT2D eigenvalue weighted by molar-refractivity contribution is -0.0525. The average molecular weight is 308 g/mol. The molecule has 21 heavy (non-hydrogen) atoms. The molecule has 1 aromatic carbocycles. The predicted molar refractivity (Wildman–Crippen MR) is 85.0 cm³/mol. The molecule has 1 fully saturated rings. The van der Waals surface area contributed by atoms with Crippen LogP contribution in [0.15, 0.2) is 18.2 Å². The van der Waals surface area contributed by atoms with E-state index in [1.54, 1.807) is 17.4 Å². The van der Waals surface area contributed by atoms with E-state index < -0.39 is 0 Å². The van der Waals surface area contributed by atoms with Gasteiger partial charge in [0.25, 0.3) is 0 Å². The fourth-order valence-electron chi connectivity index (χ4n) is 2.94. The normalized spacial score (nSPS) is 23.8. The molecule has 114 valence electrons. The lowest BCUT2D eigenvalue weighted by Crippen LogP contribution is -2.46. The van der Waals surface area contributed by atoms with E-state index in [9.17, 15) is 4.39 Å². The highest BCUT2D eigenvalue weighted by molar-refractivity contribution is 7.19. The zero-order valence-corrected chi connectivity index (χ0v) is 13.3. The number of rotatable bonds is 3. The van der Waals surface area contributed by atoms with E-state index in [4.69, 9.17) is 10.5 Å². The van der Waals surface area contributed by atoms with E-state index in [1.807, 2.05) is 6.07 Å². The molecule has 0 saturated carbocycles. The second-order valence-corrected chi connectivity index (χ2v) is 6.88. The van der Waals surface area contributed by atoms with E-state index in [0.29, 0.717) is 12.6 Å². The summed E-state index contributed by atoms with van der Waals surface area (Å²) in [6.45, 7) is 7.03. The lowest BCUT2D eigenvalue weighted by atomic mass is 10.1. The summed E-state index contributed by atoms with van der Waals surface area (Å²) >= 11 is 1.61. The van der Waals surface area contributed by atoms with Gasteiger partial charge >= 0.3 is 0 Å². The van der Waals surface area contributed by atoms with Crippen molar-refractivity contribution in [1.29, 1.82) is 0 Å². The van der Waals surface area contributed by atoms with Gasteiger partial charge in [0.2, 0.25) is 0 Å². The Kier molecular flexibility index (Phi) is 4.26. The molecule has 0 radical (unpaired) electrons. The van der Waals surface area contributed by atoms with Gasteiger partial charge in [-0.2, -0.15) is 0 Å². The minimum Gasteiger partial charge on any atom is -0.376 e. The van der Waals surface area contributed by atoms with Crippen LogP contribution in [0.4, 0.5) is 4.39 Å². The molecule has 2 unspecified atom stereocenters. The van der Waals surface area contributed by atoms with Gasteiger partial charge in [0.15, 0.2) is 0 Å². The van der Waals surface area contributed by atoms with Crippen LogP contribution in [-0.2, 0) is 17.8 Å². The third-order valence-electron chi connectivity index (χ3n) is 4.13. The lowest BCUT2D eigenvalue weighted by Gasteiger charge is -2.36. The topological polar surface area (TPSA) is 38.5 Å². The van der Waals surface area contributed by atoms with Crippen molar-refractivity contribution >= 4 is 21.4 Å². The number of fused-ring (bicyclic) bond motifs is 1. The largest absolute Gasteiger partial charge is 0.376 e. The van der Waals surface area contributed by atoms with Gasteiger partial charge in [-0.25, -0.2) is 4.39 Å². The average Bonchev–Trinajstić information content (AvgIpc) is 2.82. The van der Waals surface area contributed by atoms with Crippen molar-refractivity contribution < 1.29 is 9.13 Å². The van der Waals surface area contributed by atoms with Gasteiger partial charge in [0.05, 0.1) is 12.7 Å². The van der Waals surface area contributed by atoms with Crippen LogP contribution in [0.3, 0.4) is 0 Å². The van der Waals surface area contributed by atoms with Crippen LogP contribution in [0.1, 0.15) is 24.3 Å². The summed E-state index contributed by atoms with van der Waals surface area (Å²) in [5, 5.41) is 0.745. The van der Waals surface area contributed by atoms with Crippen LogP contribution in [0.5, 0.6) is 0 Å². The molecular weight excluding hydrogens is 287 g/mol. The molecule has 2 heterocycles. The van der Waals surface area contributed by atoms with E-state index in [2.05, 4.69) is 18.7 Å². The molecule has 3 rings (SSSR count). The highest BCUT2D eigenvalue weighted by Crippen LogP contribution is 2.34. The van der Waals surface area contributed by atoms with Crippen molar-refractivity contribution in [3.8, 4) is 0 Å². The maximum atomic E-state index is 14.2. The standard InChI is InChI=1S/C16H21FN2OS/c1-10-9-20-11(2)7-19(10)8-12-15(6-18)21-14-5-3-4-13(17)16(12)14/h3-5,10-11H,6-9,18H2,1-2H3. The molecule has 1 saturated heterocycles. The molecule has 0 bridgehead atoms. The predicted octanol–water partition coefficient (Wildman–Crippen LogP) is 3.11. The summed E-state index contributed by atoms with van der Waals surface area (Å²) in [5.41, 5.74) is 6.93. The van der Waals surface area contributed by atoms with Gasteiger partial charge in [0, 0.05) is 40.6 Å². The first-order valence-corrected chi connectivity index (χ1v) is 8.16. The summed E-state index contributed by atoms with van der Waals surface area (Å²) in [4.78, 5) is 3.45. The van der Waals surface area contributed by atoms with E-state index in [-0.39, 0.29) is 11.9 Å². The summed E-state index contributed by atoms with van der Waals surface area (Å²) in [6.07, 6.45) is 0.220. The molecule has 2 atom stereocenters. The quantitative estimate of drug-likeness (QED) is 0.947. The highest BCUT2D eigenvalue weighted by Gasteiger charge is 2.26. The van der Waals surface area contributed by atoms with Crippen molar-refractivity contribution in [2.24, 2.45) is 5.73 Å².